The molecule has 0 amide bonds. The molecule has 1 aliphatic heterocycles. The molecule has 0 atom stereocenters. The second-order valence-corrected chi connectivity index (χ2v) is 2.92. The molecular formula is C9H12N4. The van der Waals surface area contributed by atoms with Gasteiger partial charge in [-0.1, -0.05) is 30.3 Å². The average molecular weight is 176 g/mol. The topological polar surface area (TPSA) is 44.5 Å². The van der Waals surface area contributed by atoms with E-state index in [9.17, 15) is 0 Å². The molecule has 1 aliphatic rings. The van der Waals surface area contributed by atoms with Crippen LogP contribution in [0.15, 0.2) is 42.7 Å². The second kappa shape index (κ2) is 3.47. The third-order valence-corrected chi connectivity index (χ3v) is 1.85. The predicted molar refractivity (Wildman–Crippen MR) is 50.3 cm³/mol. The summed E-state index contributed by atoms with van der Waals surface area (Å²) in [7, 11) is 0. The van der Waals surface area contributed by atoms with Crippen LogP contribution < -0.4 is 11.4 Å². The minimum absolute atomic E-state index is 0.811. The van der Waals surface area contributed by atoms with E-state index in [0.29, 0.717) is 0 Å². The lowest BCUT2D eigenvalue weighted by Gasteiger charge is -2.18. The molecule has 0 unspecified atom stereocenters. The van der Waals surface area contributed by atoms with Crippen molar-refractivity contribution in [1.29, 1.82) is 0 Å². The molecule has 0 aromatic heterocycles. The minimum Gasteiger partial charge on any atom is -0.291 e. The van der Waals surface area contributed by atoms with E-state index in [4.69, 9.17) is 5.84 Å². The van der Waals surface area contributed by atoms with Crippen LogP contribution in [-0.4, -0.2) is 10.1 Å². The molecule has 1 heterocycles. The number of hydrogen-bond donors (Lipinski definition) is 2. The monoisotopic (exact) mass is 176 g/mol. The molecular weight excluding hydrogens is 164 g/mol. The van der Waals surface area contributed by atoms with Crippen molar-refractivity contribution in [2.45, 2.75) is 6.54 Å². The Kier molecular flexibility index (Phi) is 2.16. The largest absolute Gasteiger partial charge is 0.291 e. The summed E-state index contributed by atoms with van der Waals surface area (Å²) in [6.07, 6.45) is 3.66. The summed E-state index contributed by atoms with van der Waals surface area (Å²) in [6, 6.07) is 10.2. The molecule has 1 aromatic carbocycles. The predicted octanol–water partition coefficient (Wildman–Crippen LogP) is 0.569. The first kappa shape index (κ1) is 8.10. The smallest absolute Gasteiger partial charge is 0.0606 e. The Bertz CT molecular complexity index is 296. The fraction of sp³-hybridized carbons (Fsp3) is 0.111. The van der Waals surface area contributed by atoms with Crippen molar-refractivity contribution in [1.82, 2.24) is 15.7 Å². The summed E-state index contributed by atoms with van der Waals surface area (Å²) < 4.78 is 0. The Morgan fingerprint density at radius 2 is 1.92 bits per heavy atom. The first-order chi connectivity index (χ1) is 6.34. The molecule has 2 rings (SSSR count). The Morgan fingerprint density at radius 1 is 1.15 bits per heavy atom. The maximum Gasteiger partial charge on any atom is 0.0606 e. The van der Waals surface area contributed by atoms with E-state index in [-0.39, 0.29) is 0 Å². The van der Waals surface area contributed by atoms with Crippen molar-refractivity contribution < 1.29 is 0 Å². The van der Waals surface area contributed by atoms with Gasteiger partial charge in [0.2, 0.25) is 0 Å². The Balaban J connectivity index is 1.96. The van der Waals surface area contributed by atoms with Crippen molar-refractivity contribution >= 4 is 0 Å². The summed E-state index contributed by atoms with van der Waals surface area (Å²) in [5.74, 6) is 5.47. The lowest BCUT2D eigenvalue weighted by Crippen LogP contribution is -2.42. The minimum atomic E-state index is 0.811. The average Bonchev–Trinajstić information content (AvgIpc) is 2.53. The van der Waals surface area contributed by atoms with Gasteiger partial charge in [-0.3, -0.25) is 5.01 Å². The van der Waals surface area contributed by atoms with Gasteiger partial charge in [-0.15, -0.1) is 5.53 Å². The third-order valence-electron chi connectivity index (χ3n) is 1.85. The van der Waals surface area contributed by atoms with Crippen LogP contribution >= 0.6 is 0 Å². The van der Waals surface area contributed by atoms with Crippen LogP contribution in [0, 0.1) is 0 Å². The number of nitrogens with one attached hydrogen (secondary N) is 1. The maximum atomic E-state index is 5.47. The molecule has 3 N–H and O–H groups in total. The maximum absolute atomic E-state index is 5.47. The van der Waals surface area contributed by atoms with E-state index in [1.807, 2.05) is 29.4 Å². The zero-order valence-corrected chi connectivity index (χ0v) is 7.22. The molecule has 68 valence electrons. The SMILES string of the molecule is NN1C=CN(Cc2ccccc2)N1. The van der Waals surface area contributed by atoms with Gasteiger partial charge >= 0.3 is 0 Å². The van der Waals surface area contributed by atoms with Gasteiger partial charge in [0.1, 0.15) is 0 Å². The number of nitrogens with zero attached hydrogens (tertiary/aromatic N) is 2. The molecule has 4 nitrogen and oxygen atoms in total. The number of nitrogens with two attached hydrogens (primary N) is 1. The van der Waals surface area contributed by atoms with Gasteiger partial charge in [0, 0.05) is 6.20 Å². The molecule has 4 heteroatoms. The molecule has 0 saturated heterocycles. The van der Waals surface area contributed by atoms with Crippen LogP contribution in [0.2, 0.25) is 0 Å². The van der Waals surface area contributed by atoms with Gasteiger partial charge in [-0.25, -0.2) is 11.0 Å². The van der Waals surface area contributed by atoms with Crippen molar-refractivity contribution in [3.05, 3.63) is 48.3 Å². The molecule has 0 aliphatic carbocycles. The Morgan fingerprint density at radius 3 is 2.54 bits per heavy atom. The summed E-state index contributed by atoms with van der Waals surface area (Å²) >= 11 is 0. The first-order valence-corrected chi connectivity index (χ1v) is 4.14. The van der Waals surface area contributed by atoms with Crippen molar-refractivity contribution in [2.24, 2.45) is 5.84 Å². The first-order valence-electron chi connectivity index (χ1n) is 4.14. The van der Waals surface area contributed by atoms with Crippen LogP contribution in [0.1, 0.15) is 5.56 Å². The van der Waals surface area contributed by atoms with E-state index in [2.05, 4.69) is 17.7 Å². The van der Waals surface area contributed by atoms with Gasteiger partial charge in [-0.05, 0) is 5.56 Å². The third kappa shape index (κ3) is 1.99. The van der Waals surface area contributed by atoms with Gasteiger partial charge in [0.05, 0.1) is 12.7 Å². The highest BCUT2D eigenvalue weighted by Crippen LogP contribution is 2.05. The number of benzene rings is 1. The second-order valence-electron chi connectivity index (χ2n) is 2.92. The van der Waals surface area contributed by atoms with Crippen molar-refractivity contribution in [2.75, 3.05) is 0 Å². The molecule has 13 heavy (non-hydrogen) atoms. The van der Waals surface area contributed by atoms with Crippen LogP contribution in [0.25, 0.3) is 0 Å². The van der Waals surface area contributed by atoms with Crippen molar-refractivity contribution in [3.63, 3.8) is 0 Å². The quantitative estimate of drug-likeness (QED) is 0.647. The lowest BCUT2D eigenvalue weighted by atomic mass is 10.2. The molecule has 0 spiro atoms. The van der Waals surface area contributed by atoms with Gasteiger partial charge in [0.25, 0.3) is 0 Å². The standard InChI is InChI=1S/C9H12N4/c10-13-7-6-12(11-13)8-9-4-2-1-3-5-9/h1-7,11H,8,10H2. The Labute approximate surface area is 77.2 Å². The molecule has 0 fully saturated rings. The van der Waals surface area contributed by atoms with E-state index in [1.165, 1.54) is 10.7 Å². The molecule has 0 bridgehead atoms. The summed E-state index contributed by atoms with van der Waals surface area (Å²) in [4.78, 5) is 0. The molecule has 1 aromatic rings. The van der Waals surface area contributed by atoms with Gasteiger partial charge in [-0.2, -0.15) is 0 Å². The number of hydrazine groups is 3. The van der Waals surface area contributed by atoms with Crippen molar-refractivity contribution in [3.8, 4) is 0 Å². The van der Waals surface area contributed by atoms with Crippen LogP contribution in [0.3, 0.4) is 0 Å². The molecule has 0 saturated carbocycles. The van der Waals surface area contributed by atoms with E-state index in [1.54, 1.807) is 6.20 Å². The van der Waals surface area contributed by atoms with Crippen LogP contribution in [-0.2, 0) is 6.54 Å². The fourth-order valence-corrected chi connectivity index (χ4v) is 1.24. The van der Waals surface area contributed by atoms with Crippen LogP contribution in [0.5, 0.6) is 0 Å². The Hall–Kier alpha value is -1.52. The zero-order valence-electron chi connectivity index (χ0n) is 7.22. The van der Waals surface area contributed by atoms with Gasteiger partial charge in [0.15, 0.2) is 0 Å². The molecule has 0 radical (unpaired) electrons. The fourth-order valence-electron chi connectivity index (χ4n) is 1.24. The number of hydrogen-bond acceptors (Lipinski definition) is 4. The highest BCUT2D eigenvalue weighted by Gasteiger charge is 2.07. The van der Waals surface area contributed by atoms with Crippen LogP contribution in [0.4, 0.5) is 0 Å². The summed E-state index contributed by atoms with van der Waals surface area (Å²) in [5, 5.41) is 3.33. The van der Waals surface area contributed by atoms with Gasteiger partial charge < -0.3 is 0 Å². The summed E-state index contributed by atoms with van der Waals surface area (Å²) in [6.45, 7) is 0.811. The van der Waals surface area contributed by atoms with E-state index < -0.39 is 0 Å². The lowest BCUT2D eigenvalue weighted by molar-refractivity contribution is 0.133. The highest BCUT2D eigenvalue weighted by molar-refractivity contribution is 5.14. The summed E-state index contributed by atoms with van der Waals surface area (Å²) in [5.41, 5.74) is 4.18. The zero-order chi connectivity index (χ0) is 9.10. The van der Waals surface area contributed by atoms with E-state index >= 15 is 0 Å². The highest BCUT2D eigenvalue weighted by atomic mass is 15.8. The van der Waals surface area contributed by atoms with E-state index in [0.717, 1.165) is 6.54 Å². The number of rotatable bonds is 2. The normalized spacial score (nSPS) is 15.5.